The monoisotopic (exact) mass is 263 g/mol. The Balaban J connectivity index is 1.98. The summed E-state index contributed by atoms with van der Waals surface area (Å²) in [4.78, 5) is 11.8. The van der Waals surface area contributed by atoms with Crippen LogP contribution < -0.4 is 5.48 Å². The number of aromatic nitrogens is 2. The highest BCUT2D eigenvalue weighted by Gasteiger charge is 2.29. The van der Waals surface area contributed by atoms with Crippen LogP contribution in [-0.4, -0.2) is 39.7 Å². The number of hydrogen-bond acceptors (Lipinski definition) is 5. The van der Waals surface area contributed by atoms with E-state index in [1.807, 2.05) is 24.7 Å². The van der Waals surface area contributed by atoms with Gasteiger partial charge in [-0.3, -0.25) is 4.90 Å². The van der Waals surface area contributed by atoms with E-state index in [1.54, 1.807) is 6.20 Å². The molecular weight excluding hydrogens is 242 g/mol. The summed E-state index contributed by atoms with van der Waals surface area (Å²) in [6.07, 6.45) is 5.55. The molecule has 0 radical (unpaired) electrons. The first kappa shape index (κ1) is 14.0. The molecule has 1 aromatic heterocycles. The van der Waals surface area contributed by atoms with Crippen molar-refractivity contribution in [3.05, 3.63) is 18.2 Å². The Bertz CT molecular complexity index is 438. The standard InChI is InChI=1S/C13H21N5O/c1-3-19-16-11-4-5-12(8-14)18(9-11)10-13-15-6-7-17(13)2/h6-7,11-12,16H,3-5,9-10H2,1-2H3/t11-,12+/m1/s1. The van der Waals surface area contributed by atoms with Gasteiger partial charge in [0.1, 0.15) is 5.82 Å². The van der Waals surface area contributed by atoms with Gasteiger partial charge in [0.15, 0.2) is 0 Å². The molecule has 2 atom stereocenters. The van der Waals surface area contributed by atoms with Gasteiger partial charge in [-0.15, -0.1) is 0 Å². The second-order valence-corrected chi connectivity index (χ2v) is 4.85. The van der Waals surface area contributed by atoms with Crippen molar-refractivity contribution in [1.82, 2.24) is 19.9 Å². The van der Waals surface area contributed by atoms with Crippen LogP contribution in [0.25, 0.3) is 0 Å². The van der Waals surface area contributed by atoms with E-state index in [-0.39, 0.29) is 12.1 Å². The normalized spacial score (nSPS) is 24.3. The first-order valence-electron chi connectivity index (χ1n) is 6.71. The van der Waals surface area contributed by atoms with E-state index in [0.717, 1.165) is 25.2 Å². The summed E-state index contributed by atoms with van der Waals surface area (Å²) in [7, 11) is 1.98. The maximum atomic E-state index is 9.25. The molecule has 19 heavy (non-hydrogen) atoms. The SMILES string of the molecule is CCON[C@@H]1CC[C@@H](C#N)N(Cc2nccn2C)C1. The molecule has 104 valence electrons. The van der Waals surface area contributed by atoms with Crippen LogP contribution in [0.15, 0.2) is 12.4 Å². The zero-order valence-electron chi connectivity index (χ0n) is 11.5. The van der Waals surface area contributed by atoms with Crippen molar-refractivity contribution in [2.45, 2.75) is 38.4 Å². The van der Waals surface area contributed by atoms with Gasteiger partial charge in [-0.05, 0) is 19.8 Å². The van der Waals surface area contributed by atoms with Crippen molar-refractivity contribution in [2.24, 2.45) is 7.05 Å². The topological polar surface area (TPSA) is 66.1 Å². The van der Waals surface area contributed by atoms with Crippen LogP contribution in [0.4, 0.5) is 0 Å². The van der Waals surface area contributed by atoms with Crippen molar-refractivity contribution >= 4 is 0 Å². The van der Waals surface area contributed by atoms with E-state index < -0.39 is 0 Å². The Kier molecular flexibility index (Phi) is 4.91. The molecule has 0 aromatic carbocycles. The molecule has 2 rings (SSSR count). The van der Waals surface area contributed by atoms with E-state index >= 15 is 0 Å². The third kappa shape index (κ3) is 3.53. The summed E-state index contributed by atoms with van der Waals surface area (Å²) in [5, 5.41) is 9.25. The molecule has 6 heteroatoms. The molecule has 0 amide bonds. The van der Waals surface area contributed by atoms with Gasteiger partial charge in [0.05, 0.1) is 25.3 Å². The van der Waals surface area contributed by atoms with Gasteiger partial charge >= 0.3 is 0 Å². The van der Waals surface area contributed by atoms with Gasteiger partial charge < -0.3 is 9.40 Å². The van der Waals surface area contributed by atoms with Crippen LogP contribution in [-0.2, 0) is 18.4 Å². The molecule has 0 aliphatic carbocycles. The third-order valence-electron chi connectivity index (χ3n) is 3.49. The van der Waals surface area contributed by atoms with Crippen molar-refractivity contribution in [2.75, 3.05) is 13.2 Å². The first-order chi connectivity index (χ1) is 9.24. The minimum Gasteiger partial charge on any atom is -0.337 e. The van der Waals surface area contributed by atoms with E-state index in [4.69, 9.17) is 4.84 Å². The predicted octanol–water partition coefficient (Wildman–Crippen LogP) is 0.818. The number of hydrogen-bond donors (Lipinski definition) is 1. The van der Waals surface area contributed by atoms with Crippen LogP contribution in [0.3, 0.4) is 0 Å². The summed E-state index contributed by atoms with van der Waals surface area (Å²) >= 11 is 0. The number of nitrogens with zero attached hydrogens (tertiary/aromatic N) is 4. The number of likely N-dealkylation sites (tertiary alicyclic amines) is 1. The lowest BCUT2D eigenvalue weighted by Gasteiger charge is -2.36. The minimum absolute atomic E-state index is 0.0311. The maximum Gasteiger partial charge on any atom is 0.122 e. The maximum absolute atomic E-state index is 9.25. The lowest BCUT2D eigenvalue weighted by Crippen LogP contribution is -2.49. The predicted molar refractivity (Wildman–Crippen MR) is 70.8 cm³/mol. The van der Waals surface area contributed by atoms with Crippen molar-refractivity contribution in [3.63, 3.8) is 0 Å². The van der Waals surface area contributed by atoms with Gasteiger partial charge in [-0.25, -0.2) is 4.98 Å². The second-order valence-electron chi connectivity index (χ2n) is 4.85. The zero-order valence-corrected chi connectivity index (χ0v) is 11.5. The minimum atomic E-state index is -0.0311. The van der Waals surface area contributed by atoms with E-state index in [2.05, 4.69) is 21.4 Å². The number of aryl methyl sites for hydroxylation is 1. The molecule has 6 nitrogen and oxygen atoms in total. The molecule has 0 saturated carbocycles. The molecule has 1 fully saturated rings. The number of imidazole rings is 1. The number of nitriles is 1. The summed E-state index contributed by atoms with van der Waals surface area (Å²) in [5.74, 6) is 0.984. The Labute approximate surface area is 113 Å². The summed E-state index contributed by atoms with van der Waals surface area (Å²) in [5.41, 5.74) is 3.06. The fourth-order valence-electron chi connectivity index (χ4n) is 2.39. The molecule has 1 aliphatic rings. The number of rotatable bonds is 5. The molecule has 0 bridgehead atoms. The number of nitrogens with one attached hydrogen (secondary N) is 1. The smallest absolute Gasteiger partial charge is 0.122 e. The molecule has 1 N–H and O–H groups in total. The molecule has 1 aliphatic heterocycles. The quantitative estimate of drug-likeness (QED) is 0.797. The number of piperidine rings is 1. The van der Waals surface area contributed by atoms with Crippen LogP contribution in [0.1, 0.15) is 25.6 Å². The van der Waals surface area contributed by atoms with Gasteiger partial charge in [0.2, 0.25) is 0 Å². The first-order valence-corrected chi connectivity index (χ1v) is 6.71. The van der Waals surface area contributed by atoms with Crippen molar-refractivity contribution in [1.29, 1.82) is 5.26 Å². The lowest BCUT2D eigenvalue weighted by molar-refractivity contribution is -0.00466. The lowest BCUT2D eigenvalue weighted by atomic mass is 9.99. The summed E-state index contributed by atoms with van der Waals surface area (Å²) < 4.78 is 1.99. The molecule has 1 aromatic rings. The summed E-state index contributed by atoms with van der Waals surface area (Å²) in [6.45, 7) is 4.12. The van der Waals surface area contributed by atoms with Crippen LogP contribution in [0, 0.1) is 11.3 Å². The van der Waals surface area contributed by atoms with Gasteiger partial charge in [0, 0.05) is 32.0 Å². The average molecular weight is 263 g/mol. The van der Waals surface area contributed by atoms with Gasteiger partial charge in [0.25, 0.3) is 0 Å². The Morgan fingerprint density at radius 2 is 2.42 bits per heavy atom. The van der Waals surface area contributed by atoms with Crippen molar-refractivity contribution < 1.29 is 4.84 Å². The molecular formula is C13H21N5O. The highest BCUT2D eigenvalue weighted by molar-refractivity contribution is 5.00. The van der Waals surface area contributed by atoms with E-state index in [1.165, 1.54) is 0 Å². The molecule has 0 spiro atoms. The Hall–Kier alpha value is -1.42. The Morgan fingerprint density at radius 3 is 3.05 bits per heavy atom. The second kappa shape index (κ2) is 6.66. The molecule has 0 unspecified atom stereocenters. The van der Waals surface area contributed by atoms with E-state index in [9.17, 15) is 5.26 Å². The van der Waals surface area contributed by atoms with Crippen LogP contribution in [0.5, 0.6) is 0 Å². The zero-order chi connectivity index (χ0) is 13.7. The highest BCUT2D eigenvalue weighted by atomic mass is 16.6. The molecule has 1 saturated heterocycles. The molecule has 2 heterocycles. The number of hydroxylamine groups is 1. The van der Waals surface area contributed by atoms with Crippen LogP contribution >= 0.6 is 0 Å². The highest BCUT2D eigenvalue weighted by Crippen LogP contribution is 2.19. The fraction of sp³-hybridized carbons (Fsp3) is 0.692. The van der Waals surface area contributed by atoms with Crippen LogP contribution in [0.2, 0.25) is 0 Å². The van der Waals surface area contributed by atoms with E-state index in [0.29, 0.717) is 13.2 Å². The Morgan fingerprint density at radius 1 is 1.58 bits per heavy atom. The van der Waals surface area contributed by atoms with Gasteiger partial charge in [-0.2, -0.15) is 10.7 Å². The third-order valence-corrected chi connectivity index (χ3v) is 3.49. The van der Waals surface area contributed by atoms with Gasteiger partial charge in [-0.1, -0.05) is 0 Å². The average Bonchev–Trinajstić information content (AvgIpc) is 2.82. The van der Waals surface area contributed by atoms with Crippen molar-refractivity contribution in [3.8, 4) is 6.07 Å². The largest absolute Gasteiger partial charge is 0.337 e. The summed E-state index contributed by atoms with van der Waals surface area (Å²) in [6, 6.07) is 2.63. The fourth-order valence-corrected chi connectivity index (χ4v) is 2.39.